The Kier molecular flexibility index (Phi) is 6.12. The molecule has 0 bridgehead atoms. The van der Waals surface area contributed by atoms with Crippen LogP contribution in [0.2, 0.25) is 0 Å². The van der Waals surface area contributed by atoms with Gasteiger partial charge in [-0.05, 0) is 60.2 Å². The van der Waals surface area contributed by atoms with Gasteiger partial charge in [0.05, 0.1) is 11.6 Å². The van der Waals surface area contributed by atoms with Crippen molar-refractivity contribution in [3.8, 4) is 0 Å². The number of fused-ring (bicyclic) bond motifs is 1. The maximum Gasteiger partial charge on any atom is 0.335 e. The van der Waals surface area contributed by atoms with Gasteiger partial charge in [0.25, 0.3) is 11.8 Å². The summed E-state index contributed by atoms with van der Waals surface area (Å²) in [6.45, 7) is 1.83. The maximum absolute atomic E-state index is 13.4. The van der Waals surface area contributed by atoms with E-state index >= 15 is 0 Å². The summed E-state index contributed by atoms with van der Waals surface area (Å²) in [6.07, 6.45) is 2.44. The highest BCUT2D eigenvalue weighted by molar-refractivity contribution is 5.97. The molecule has 1 heterocycles. The largest absolute Gasteiger partial charge is 0.478 e. The molecule has 0 aliphatic heterocycles. The van der Waals surface area contributed by atoms with Crippen LogP contribution in [0.25, 0.3) is 0 Å². The Bertz CT molecular complexity index is 1260. The Balaban J connectivity index is 1.41. The second kappa shape index (κ2) is 9.15. The zero-order valence-corrected chi connectivity index (χ0v) is 17.8. The zero-order chi connectivity index (χ0) is 23.5. The number of rotatable bonds is 6. The van der Waals surface area contributed by atoms with Crippen molar-refractivity contribution >= 4 is 17.8 Å². The van der Waals surface area contributed by atoms with E-state index in [0.29, 0.717) is 18.4 Å². The van der Waals surface area contributed by atoms with Crippen molar-refractivity contribution in [1.29, 1.82) is 0 Å². The lowest BCUT2D eigenvalue weighted by Gasteiger charge is -2.14. The molecule has 3 N–H and O–H groups in total. The summed E-state index contributed by atoms with van der Waals surface area (Å²) in [4.78, 5) is 44.3. The van der Waals surface area contributed by atoms with Gasteiger partial charge in [-0.2, -0.15) is 0 Å². The minimum atomic E-state index is -0.994. The lowest BCUT2D eigenvalue weighted by Crippen LogP contribution is -2.29. The third kappa shape index (κ3) is 4.87. The van der Waals surface area contributed by atoms with Crippen molar-refractivity contribution in [2.45, 2.75) is 32.4 Å². The molecule has 2 aromatic carbocycles. The lowest BCUT2D eigenvalue weighted by atomic mass is 10.0. The molecule has 0 radical (unpaired) electrons. The number of aromatic nitrogens is 2. The van der Waals surface area contributed by atoms with Gasteiger partial charge < -0.3 is 15.7 Å². The molecule has 9 heteroatoms. The number of aromatic carboxylic acids is 1. The van der Waals surface area contributed by atoms with Gasteiger partial charge in [-0.15, -0.1) is 0 Å². The van der Waals surface area contributed by atoms with E-state index < -0.39 is 17.8 Å². The second-order valence-electron chi connectivity index (χ2n) is 7.84. The molecular formula is C24H21FN4O4. The number of carbonyl (C=O) groups is 3. The van der Waals surface area contributed by atoms with E-state index in [2.05, 4.69) is 20.6 Å². The highest BCUT2D eigenvalue weighted by Crippen LogP contribution is 2.32. The fourth-order valence-corrected chi connectivity index (χ4v) is 3.83. The third-order valence-electron chi connectivity index (χ3n) is 5.58. The molecule has 33 heavy (non-hydrogen) atoms. The molecule has 0 saturated carbocycles. The van der Waals surface area contributed by atoms with Crippen LogP contribution in [0.1, 0.15) is 66.1 Å². The molecule has 0 spiro atoms. The van der Waals surface area contributed by atoms with Crippen molar-refractivity contribution in [3.63, 3.8) is 0 Å². The van der Waals surface area contributed by atoms with Crippen LogP contribution in [-0.2, 0) is 13.0 Å². The Morgan fingerprint density at radius 3 is 2.55 bits per heavy atom. The summed E-state index contributed by atoms with van der Waals surface area (Å²) < 4.78 is 13.4. The molecule has 0 saturated heterocycles. The number of nitrogens with zero attached hydrogens (tertiary/aromatic N) is 2. The van der Waals surface area contributed by atoms with E-state index in [1.165, 1.54) is 18.2 Å². The lowest BCUT2D eigenvalue weighted by molar-refractivity contribution is 0.0696. The van der Waals surface area contributed by atoms with Crippen LogP contribution < -0.4 is 10.6 Å². The molecule has 3 aromatic rings. The normalized spacial score (nSPS) is 14.4. The molecule has 1 aromatic heterocycles. The monoisotopic (exact) mass is 448 g/mol. The van der Waals surface area contributed by atoms with E-state index in [4.69, 9.17) is 5.11 Å². The summed E-state index contributed by atoms with van der Waals surface area (Å²) in [5.74, 6) is -2.25. The van der Waals surface area contributed by atoms with Crippen molar-refractivity contribution in [3.05, 3.63) is 93.8 Å². The summed E-state index contributed by atoms with van der Waals surface area (Å²) in [7, 11) is 0. The quantitative estimate of drug-likeness (QED) is 0.533. The number of amides is 2. The van der Waals surface area contributed by atoms with E-state index in [0.717, 1.165) is 23.0 Å². The first-order valence-corrected chi connectivity index (χ1v) is 10.3. The van der Waals surface area contributed by atoms with Crippen LogP contribution in [0.15, 0.2) is 48.8 Å². The number of nitrogens with one attached hydrogen (secondary N) is 2. The summed E-state index contributed by atoms with van der Waals surface area (Å²) >= 11 is 0. The summed E-state index contributed by atoms with van der Waals surface area (Å²) in [6, 6.07) is 10.5. The first-order valence-electron chi connectivity index (χ1n) is 10.3. The van der Waals surface area contributed by atoms with Crippen LogP contribution in [0.5, 0.6) is 0 Å². The average molecular weight is 448 g/mol. The standard InChI is InChI=1S/C24H21FN4O4/c1-13-8-14(2-6-18(13)25)11-26-22(30)20-10-21(28-12-27-20)23(31)29-19-7-4-15-9-16(24(32)33)3-5-17(15)19/h2-3,5-6,8-10,12,19H,4,7,11H2,1H3,(H,26,30)(H,29,31)(H,32,33)/t19-/m0/s1. The van der Waals surface area contributed by atoms with E-state index in [-0.39, 0.29) is 35.4 Å². The number of aryl methyl sites for hydroxylation is 2. The van der Waals surface area contributed by atoms with Crippen molar-refractivity contribution in [1.82, 2.24) is 20.6 Å². The van der Waals surface area contributed by atoms with Crippen LogP contribution in [0.3, 0.4) is 0 Å². The number of halogens is 1. The average Bonchev–Trinajstić information content (AvgIpc) is 3.21. The van der Waals surface area contributed by atoms with Gasteiger partial charge in [-0.1, -0.05) is 18.2 Å². The number of carboxylic acid groups (broad SMARTS) is 1. The minimum Gasteiger partial charge on any atom is -0.478 e. The number of carboxylic acids is 1. The third-order valence-corrected chi connectivity index (χ3v) is 5.58. The highest BCUT2D eigenvalue weighted by atomic mass is 19.1. The van der Waals surface area contributed by atoms with Crippen molar-refractivity contribution < 1.29 is 23.9 Å². The molecule has 1 atom stereocenters. The smallest absolute Gasteiger partial charge is 0.335 e. The van der Waals surface area contributed by atoms with Gasteiger partial charge in [0.1, 0.15) is 23.5 Å². The van der Waals surface area contributed by atoms with Crippen LogP contribution >= 0.6 is 0 Å². The Hall–Kier alpha value is -4.14. The topological polar surface area (TPSA) is 121 Å². The number of benzene rings is 2. The number of hydrogen-bond acceptors (Lipinski definition) is 5. The first-order chi connectivity index (χ1) is 15.8. The Labute approximate surface area is 188 Å². The van der Waals surface area contributed by atoms with E-state index in [9.17, 15) is 18.8 Å². The van der Waals surface area contributed by atoms with Gasteiger partial charge in [-0.3, -0.25) is 9.59 Å². The Morgan fingerprint density at radius 1 is 1.06 bits per heavy atom. The van der Waals surface area contributed by atoms with E-state index in [1.54, 1.807) is 31.2 Å². The first kappa shape index (κ1) is 22.1. The van der Waals surface area contributed by atoms with E-state index in [1.807, 2.05) is 0 Å². The Morgan fingerprint density at radius 2 is 1.82 bits per heavy atom. The number of carbonyl (C=O) groups excluding carboxylic acids is 2. The second-order valence-corrected chi connectivity index (χ2v) is 7.84. The molecule has 1 aliphatic rings. The van der Waals surface area contributed by atoms with Crippen LogP contribution in [0, 0.1) is 12.7 Å². The van der Waals surface area contributed by atoms with Crippen LogP contribution in [-0.4, -0.2) is 32.9 Å². The molecule has 168 valence electrons. The van der Waals surface area contributed by atoms with Gasteiger partial charge in [0, 0.05) is 12.6 Å². The van der Waals surface area contributed by atoms with Gasteiger partial charge >= 0.3 is 5.97 Å². The fraction of sp³-hybridized carbons (Fsp3) is 0.208. The van der Waals surface area contributed by atoms with Crippen molar-refractivity contribution in [2.24, 2.45) is 0 Å². The fourth-order valence-electron chi connectivity index (χ4n) is 3.83. The molecule has 1 aliphatic carbocycles. The molecular weight excluding hydrogens is 427 g/mol. The molecule has 0 unspecified atom stereocenters. The number of hydrogen-bond donors (Lipinski definition) is 3. The minimum absolute atomic E-state index is 0.0342. The molecule has 8 nitrogen and oxygen atoms in total. The van der Waals surface area contributed by atoms with Crippen molar-refractivity contribution in [2.75, 3.05) is 0 Å². The molecule has 0 fully saturated rings. The SMILES string of the molecule is Cc1cc(CNC(=O)c2cc(C(=O)N[C@H]3CCc4cc(C(=O)O)ccc43)ncn2)ccc1F. The van der Waals surface area contributed by atoms with Crippen LogP contribution in [0.4, 0.5) is 4.39 Å². The maximum atomic E-state index is 13.4. The predicted molar refractivity (Wildman–Crippen MR) is 116 cm³/mol. The molecule has 2 amide bonds. The molecule has 4 rings (SSSR count). The summed E-state index contributed by atoms with van der Waals surface area (Å²) in [5.41, 5.74) is 3.27. The predicted octanol–water partition coefficient (Wildman–Crippen LogP) is 2.97. The zero-order valence-electron chi connectivity index (χ0n) is 17.8. The summed E-state index contributed by atoms with van der Waals surface area (Å²) in [5, 5.41) is 14.7. The highest BCUT2D eigenvalue weighted by Gasteiger charge is 2.26. The van der Waals surface area contributed by atoms with Gasteiger partial charge in [0.15, 0.2) is 0 Å². The van der Waals surface area contributed by atoms with Gasteiger partial charge in [-0.25, -0.2) is 19.2 Å². The van der Waals surface area contributed by atoms with Gasteiger partial charge in [0.2, 0.25) is 0 Å².